The first-order valence-electron chi connectivity index (χ1n) is 29.4. The summed E-state index contributed by atoms with van der Waals surface area (Å²) < 4.78 is 5.04. The molecule has 0 aromatic heterocycles. The van der Waals surface area contributed by atoms with Gasteiger partial charge in [0.15, 0.2) is 0 Å². The highest BCUT2D eigenvalue weighted by Crippen LogP contribution is 2.20. The number of hydrogen-bond donors (Lipinski definition) is 0. The Balaban J connectivity index is -0.000000738. The zero-order valence-corrected chi connectivity index (χ0v) is 48.4. The molecule has 0 aliphatic carbocycles. The van der Waals surface area contributed by atoms with E-state index in [-0.39, 0.29) is 23.8 Å². The molecule has 0 spiro atoms. The predicted octanol–water partition coefficient (Wildman–Crippen LogP) is 18.5. The molecule has 3 heterocycles. The first-order chi connectivity index (χ1) is 32.4. The Kier molecular flexibility index (Phi) is 58.1. The van der Waals surface area contributed by atoms with E-state index in [1.165, 1.54) is 231 Å². The molecule has 3 rings (SSSR count). The van der Waals surface area contributed by atoms with Crippen LogP contribution in [-0.2, 0) is 19.1 Å². The van der Waals surface area contributed by atoms with E-state index in [2.05, 4.69) is 55.4 Å². The van der Waals surface area contributed by atoms with E-state index in [1.807, 2.05) is 28.5 Å². The fraction of sp³-hybridized carbons (Fsp3) is 0.949. The fourth-order valence-corrected chi connectivity index (χ4v) is 9.92. The highest BCUT2D eigenvalue weighted by Gasteiger charge is 2.23. The largest absolute Gasteiger partial charge is 0.359 e. The number of unbranched alkanes of at least 4 members (excludes halogenated alkanes) is 30. The smallest absolute Gasteiger partial charge is 0.221 e. The Hall–Kier alpha value is -1.28. The van der Waals surface area contributed by atoms with Gasteiger partial charge in [-0.25, -0.2) is 0 Å². The van der Waals surface area contributed by atoms with Gasteiger partial charge in [0, 0.05) is 45.2 Å². The molecule has 0 saturated carbocycles. The number of thioether (sulfide) groups is 1. The molecule has 0 unspecified atom stereocenters. The molecule has 402 valence electrons. The van der Waals surface area contributed by atoms with Crippen LogP contribution in [0.3, 0.4) is 0 Å². The number of piperidine rings is 1. The Morgan fingerprint density at radius 3 is 0.866 bits per heavy atom. The number of ether oxygens (including phenoxy) is 1. The van der Waals surface area contributed by atoms with Crippen LogP contribution in [0.25, 0.3) is 0 Å². The number of hydrogen-bond acceptors (Lipinski definition) is 5. The first-order valence-corrected chi connectivity index (χ1v) is 30.5. The Morgan fingerprint density at radius 2 is 0.701 bits per heavy atom. The standard InChI is InChI=1S/3C13H28.C8H15NO.C6H11NO2.C6H11NOS/c3*1-3-5-7-9-11-13-12-10-8-6-4-2;1-7-5-3-4-6-9(7)8(2)10;2*1-5-3-9-4-7(5)6(2)8/h3*3-13H2,1-2H3;7H,3-6H2,1-2H3;2*5H,3-4H2,1-2H3/t;;;7-;2*5-/m...111/s1. The quantitative estimate of drug-likeness (QED) is 0.0671. The van der Waals surface area contributed by atoms with Crippen molar-refractivity contribution in [3.63, 3.8) is 0 Å². The molecule has 3 amide bonds. The molecule has 3 aliphatic rings. The van der Waals surface area contributed by atoms with Crippen molar-refractivity contribution in [1.29, 1.82) is 0 Å². The average molecular weight is 969 g/mol. The van der Waals surface area contributed by atoms with E-state index in [0.29, 0.717) is 25.4 Å². The molecule has 0 aromatic carbocycles. The van der Waals surface area contributed by atoms with Gasteiger partial charge in [-0.2, -0.15) is 0 Å². The van der Waals surface area contributed by atoms with Gasteiger partial charge in [-0.3, -0.25) is 14.4 Å². The van der Waals surface area contributed by atoms with Crippen LogP contribution in [0.4, 0.5) is 0 Å². The SMILES string of the molecule is CC(=O)N1CCCC[C@H]1C.CC(=O)N1COC[C@H]1C.CC(=O)N1CSC[C@H]1C.CCCCCCCCCCCCC.CCCCCCCCCCCCC.CCCCCCCCCCCCC. The minimum atomic E-state index is 0.0972. The zero-order chi connectivity index (χ0) is 50.6. The average Bonchev–Trinajstić information content (AvgIpc) is 3.96. The molecular formula is C59H121N3O4S. The van der Waals surface area contributed by atoms with Crippen LogP contribution in [0.1, 0.15) is 314 Å². The summed E-state index contributed by atoms with van der Waals surface area (Å²) in [6, 6.07) is 1.20. The summed E-state index contributed by atoms with van der Waals surface area (Å²) in [7, 11) is 0. The molecule has 0 radical (unpaired) electrons. The van der Waals surface area contributed by atoms with E-state index >= 15 is 0 Å². The molecule has 0 aromatic rings. The van der Waals surface area contributed by atoms with E-state index in [0.717, 1.165) is 18.2 Å². The van der Waals surface area contributed by atoms with E-state index in [1.54, 1.807) is 25.7 Å². The Morgan fingerprint density at radius 1 is 0.403 bits per heavy atom. The van der Waals surface area contributed by atoms with Crippen LogP contribution >= 0.6 is 11.8 Å². The van der Waals surface area contributed by atoms with Crippen molar-refractivity contribution >= 4 is 29.5 Å². The summed E-state index contributed by atoms with van der Waals surface area (Å²) in [4.78, 5) is 38.0. The van der Waals surface area contributed by atoms with Gasteiger partial charge in [-0.1, -0.05) is 253 Å². The van der Waals surface area contributed by atoms with E-state index in [9.17, 15) is 14.4 Å². The lowest BCUT2D eigenvalue weighted by Crippen LogP contribution is -2.40. The van der Waals surface area contributed by atoms with Crippen molar-refractivity contribution in [3.05, 3.63) is 0 Å². The van der Waals surface area contributed by atoms with Gasteiger partial charge in [0.25, 0.3) is 0 Å². The van der Waals surface area contributed by atoms with E-state index in [4.69, 9.17) is 4.74 Å². The van der Waals surface area contributed by atoms with Crippen molar-refractivity contribution < 1.29 is 19.1 Å². The number of likely N-dealkylation sites (tertiary alicyclic amines) is 1. The highest BCUT2D eigenvalue weighted by atomic mass is 32.2. The third kappa shape index (κ3) is 49.5. The van der Waals surface area contributed by atoms with Crippen LogP contribution < -0.4 is 0 Å². The monoisotopic (exact) mass is 968 g/mol. The molecular weight excluding hydrogens is 847 g/mol. The molecule has 3 atom stereocenters. The predicted molar refractivity (Wildman–Crippen MR) is 299 cm³/mol. The third-order valence-electron chi connectivity index (χ3n) is 13.4. The van der Waals surface area contributed by atoms with Gasteiger partial charge in [0.1, 0.15) is 6.73 Å². The van der Waals surface area contributed by atoms with Crippen molar-refractivity contribution in [3.8, 4) is 0 Å². The lowest BCUT2D eigenvalue weighted by atomic mass is 10.0. The minimum absolute atomic E-state index is 0.0972. The second kappa shape index (κ2) is 55.6. The lowest BCUT2D eigenvalue weighted by Gasteiger charge is -2.32. The normalized spacial score (nSPS) is 17.4. The van der Waals surface area contributed by atoms with Gasteiger partial charge >= 0.3 is 0 Å². The summed E-state index contributed by atoms with van der Waals surface area (Å²) in [5.41, 5.74) is 0. The maximum Gasteiger partial charge on any atom is 0.221 e. The second-order valence-electron chi connectivity index (χ2n) is 20.3. The molecule has 0 N–H and O–H groups in total. The third-order valence-corrected chi connectivity index (χ3v) is 14.6. The number of amides is 3. The van der Waals surface area contributed by atoms with Crippen LogP contribution in [-0.4, -0.2) is 82.1 Å². The summed E-state index contributed by atoms with van der Waals surface area (Å²) >= 11 is 1.82. The van der Waals surface area contributed by atoms with Gasteiger partial charge in [-0.15, -0.1) is 11.8 Å². The van der Waals surface area contributed by atoms with Gasteiger partial charge in [0.2, 0.25) is 17.7 Å². The minimum Gasteiger partial charge on any atom is -0.359 e. The van der Waals surface area contributed by atoms with Crippen LogP contribution in [0.2, 0.25) is 0 Å². The molecule has 3 aliphatic heterocycles. The number of carbonyl (C=O) groups is 3. The summed E-state index contributed by atoms with van der Waals surface area (Å²) in [6.45, 7) is 26.8. The van der Waals surface area contributed by atoms with Crippen molar-refractivity contribution in [1.82, 2.24) is 14.7 Å². The van der Waals surface area contributed by atoms with Gasteiger partial charge in [-0.05, 0) is 40.0 Å². The Bertz CT molecular complexity index is 918. The second-order valence-corrected chi connectivity index (χ2v) is 21.3. The van der Waals surface area contributed by atoms with E-state index < -0.39 is 0 Å². The number of nitrogens with zero attached hydrogens (tertiary/aromatic N) is 3. The summed E-state index contributed by atoms with van der Waals surface area (Å²) in [5.74, 6) is 2.51. The molecule has 7 nitrogen and oxygen atoms in total. The highest BCUT2D eigenvalue weighted by molar-refractivity contribution is 7.99. The van der Waals surface area contributed by atoms with Crippen LogP contribution in [0.5, 0.6) is 0 Å². The Labute approximate surface area is 425 Å². The molecule has 67 heavy (non-hydrogen) atoms. The number of carbonyl (C=O) groups excluding carboxylic acids is 3. The number of rotatable bonds is 30. The van der Waals surface area contributed by atoms with Crippen LogP contribution in [0.15, 0.2) is 0 Å². The van der Waals surface area contributed by atoms with Gasteiger partial charge < -0.3 is 19.4 Å². The van der Waals surface area contributed by atoms with Crippen LogP contribution in [0, 0.1) is 0 Å². The molecule has 0 bridgehead atoms. The van der Waals surface area contributed by atoms with Crippen molar-refractivity contribution in [2.45, 2.75) is 332 Å². The lowest BCUT2D eigenvalue weighted by molar-refractivity contribution is -0.132. The molecule has 3 saturated heterocycles. The van der Waals surface area contributed by atoms with Crippen molar-refractivity contribution in [2.24, 2.45) is 0 Å². The summed E-state index contributed by atoms with van der Waals surface area (Å²) in [5, 5.41) is 0. The maximum atomic E-state index is 10.9. The van der Waals surface area contributed by atoms with Crippen molar-refractivity contribution in [2.75, 3.05) is 31.5 Å². The molecule has 8 heteroatoms. The van der Waals surface area contributed by atoms with Gasteiger partial charge in [0.05, 0.1) is 18.5 Å². The topological polar surface area (TPSA) is 70.2 Å². The maximum absolute atomic E-state index is 10.9. The molecule has 3 fully saturated rings. The first kappa shape index (κ1) is 70.0. The fourth-order valence-electron chi connectivity index (χ4n) is 8.66. The summed E-state index contributed by atoms with van der Waals surface area (Å²) in [6.07, 6.45) is 51.5. The zero-order valence-electron chi connectivity index (χ0n) is 47.6.